The summed E-state index contributed by atoms with van der Waals surface area (Å²) in [5.41, 5.74) is 0. The normalized spacial score (nSPS) is 13.0. The second-order valence-corrected chi connectivity index (χ2v) is 5.84. The lowest BCUT2D eigenvalue weighted by molar-refractivity contribution is -0.267. The number of ether oxygens (including phenoxy) is 1. The van der Waals surface area contributed by atoms with Crippen molar-refractivity contribution in [1.29, 1.82) is 0 Å². The van der Waals surface area contributed by atoms with Crippen molar-refractivity contribution >= 4 is 5.97 Å². The molecule has 0 rings (SSSR count). The fourth-order valence-electron chi connectivity index (χ4n) is 2.31. The summed E-state index contributed by atoms with van der Waals surface area (Å²) in [7, 11) is 1.43. The van der Waals surface area contributed by atoms with Gasteiger partial charge in [-0.25, -0.2) is 4.89 Å². The van der Waals surface area contributed by atoms with Crippen LogP contribution in [-0.4, -0.2) is 24.4 Å². The van der Waals surface area contributed by atoms with Gasteiger partial charge in [-0.1, -0.05) is 69.8 Å². The molecule has 1 atom stereocenters. The predicted octanol–water partition coefficient (Wildman–Crippen LogP) is 5.44. The Balaban J connectivity index is 3.51. The topological polar surface area (TPSA) is 55.8 Å². The summed E-state index contributed by atoms with van der Waals surface area (Å²) in [6.45, 7) is 2.16. The van der Waals surface area contributed by atoms with Crippen LogP contribution in [0.25, 0.3) is 0 Å². The average molecular weight is 326 g/mol. The molecule has 4 nitrogen and oxygen atoms in total. The number of esters is 1. The minimum atomic E-state index is -0.194. The maximum absolute atomic E-state index is 10.9. The van der Waals surface area contributed by atoms with E-state index in [0.29, 0.717) is 6.42 Å². The lowest BCUT2D eigenvalue weighted by Crippen LogP contribution is -2.06. The van der Waals surface area contributed by atoms with Crippen LogP contribution in [-0.2, 0) is 14.4 Å². The number of carbonyl (C=O) groups excluding carboxylic acids is 1. The predicted molar refractivity (Wildman–Crippen MR) is 94.3 cm³/mol. The van der Waals surface area contributed by atoms with Crippen LogP contribution in [0.15, 0.2) is 24.3 Å². The molecule has 4 heteroatoms. The van der Waals surface area contributed by atoms with E-state index in [1.165, 1.54) is 39.2 Å². The molecule has 0 fully saturated rings. The zero-order valence-corrected chi connectivity index (χ0v) is 14.8. The van der Waals surface area contributed by atoms with Crippen LogP contribution in [0.1, 0.15) is 77.6 Å². The molecule has 0 saturated carbocycles. The number of allylic oxidation sites excluding steroid dienone is 3. The molecule has 1 N–H and O–H groups in total. The Hall–Kier alpha value is -1.13. The molecule has 0 radical (unpaired) electrons. The van der Waals surface area contributed by atoms with E-state index in [-0.39, 0.29) is 12.1 Å². The van der Waals surface area contributed by atoms with Gasteiger partial charge in [-0.05, 0) is 25.7 Å². The average Bonchev–Trinajstić information content (AvgIpc) is 2.57. The van der Waals surface area contributed by atoms with Crippen LogP contribution in [0.3, 0.4) is 0 Å². The summed E-state index contributed by atoms with van der Waals surface area (Å²) in [5, 5.41) is 8.81. The second-order valence-electron chi connectivity index (χ2n) is 5.84. The Kier molecular flexibility index (Phi) is 16.4. The van der Waals surface area contributed by atoms with Crippen LogP contribution in [0.2, 0.25) is 0 Å². The van der Waals surface area contributed by atoms with Crippen LogP contribution in [0.4, 0.5) is 0 Å². The SMILES string of the molecule is CCCCC[C@H](C=CC=CCCCCCCCC(=O)OC)OO. The van der Waals surface area contributed by atoms with Crippen molar-refractivity contribution in [2.75, 3.05) is 7.11 Å². The van der Waals surface area contributed by atoms with Gasteiger partial charge in [0.25, 0.3) is 0 Å². The molecule has 0 spiro atoms. The number of hydrogen-bond acceptors (Lipinski definition) is 4. The first-order valence-corrected chi connectivity index (χ1v) is 8.95. The van der Waals surface area contributed by atoms with E-state index in [4.69, 9.17) is 5.26 Å². The van der Waals surface area contributed by atoms with Crippen molar-refractivity contribution in [3.8, 4) is 0 Å². The highest BCUT2D eigenvalue weighted by Gasteiger charge is 2.02. The van der Waals surface area contributed by atoms with Gasteiger partial charge < -0.3 is 4.74 Å². The Morgan fingerprint density at radius 3 is 2.48 bits per heavy atom. The second kappa shape index (κ2) is 17.2. The summed E-state index contributed by atoms with van der Waals surface area (Å²) in [5.74, 6) is -0.112. The number of unbranched alkanes of at least 4 members (excludes halogenated alkanes) is 7. The maximum atomic E-state index is 10.9. The maximum Gasteiger partial charge on any atom is 0.305 e. The zero-order valence-electron chi connectivity index (χ0n) is 14.8. The first-order chi connectivity index (χ1) is 11.2. The molecule has 0 aromatic carbocycles. The van der Waals surface area contributed by atoms with Crippen LogP contribution >= 0.6 is 0 Å². The Morgan fingerprint density at radius 2 is 1.78 bits per heavy atom. The number of hydrogen-bond donors (Lipinski definition) is 1. The van der Waals surface area contributed by atoms with Crippen molar-refractivity contribution in [2.45, 2.75) is 83.7 Å². The summed E-state index contributed by atoms with van der Waals surface area (Å²) >= 11 is 0. The van der Waals surface area contributed by atoms with Crippen molar-refractivity contribution in [3.63, 3.8) is 0 Å². The zero-order chi connectivity index (χ0) is 17.2. The molecule has 0 aliphatic heterocycles. The Bertz CT molecular complexity index is 323. The van der Waals surface area contributed by atoms with E-state index in [0.717, 1.165) is 32.1 Å². The quantitative estimate of drug-likeness (QED) is 0.143. The summed E-state index contributed by atoms with van der Waals surface area (Å²) in [6.07, 6.45) is 19.2. The standard InChI is InChI=1S/C19H34O4/c1-3-4-12-15-18(23-21)16-13-10-8-6-5-7-9-11-14-17-19(20)22-2/h8,10,13,16,18,21H,3-7,9,11-12,14-15,17H2,1-2H3/t18-/m1/s1. The van der Waals surface area contributed by atoms with Gasteiger partial charge in [-0.15, -0.1) is 0 Å². The van der Waals surface area contributed by atoms with Crippen molar-refractivity contribution in [1.82, 2.24) is 0 Å². The third kappa shape index (κ3) is 15.5. The van der Waals surface area contributed by atoms with Gasteiger partial charge >= 0.3 is 5.97 Å². The van der Waals surface area contributed by atoms with Crippen LogP contribution in [0.5, 0.6) is 0 Å². The molecule has 0 aromatic heterocycles. The Morgan fingerprint density at radius 1 is 1.04 bits per heavy atom. The van der Waals surface area contributed by atoms with Crippen molar-refractivity contribution in [2.24, 2.45) is 0 Å². The Labute approximate surface area is 141 Å². The van der Waals surface area contributed by atoms with E-state index in [1.54, 1.807) is 0 Å². The molecule has 0 aliphatic carbocycles. The van der Waals surface area contributed by atoms with Crippen LogP contribution < -0.4 is 0 Å². The summed E-state index contributed by atoms with van der Waals surface area (Å²) in [4.78, 5) is 15.4. The first kappa shape index (κ1) is 21.9. The molecular formula is C19H34O4. The molecule has 0 amide bonds. The number of methoxy groups -OCH3 is 1. The molecular weight excluding hydrogens is 292 g/mol. The summed E-state index contributed by atoms with van der Waals surface area (Å²) < 4.78 is 4.61. The monoisotopic (exact) mass is 326 g/mol. The highest BCUT2D eigenvalue weighted by atomic mass is 17.1. The lowest BCUT2D eigenvalue weighted by atomic mass is 10.1. The van der Waals surface area contributed by atoms with E-state index in [1.807, 2.05) is 18.2 Å². The van der Waals surface area contributed by atoms with Gasteiger partial charge in [0.15, 0.2) is 0 Å². The highest BCUT2D eigenvalue weighted by Crippen LogP contribution is 2.09. The van der Waals surface area contributed by atoms with E-state index >= 15 is 0 Å². The van der Waals surface area contributed by atoms with Crippen molar-refractivity contribution in [3.05, 3.63) is 24.3 Å². The number of rotatable bonds is 15. The fraction of sp³-hybridized carbons (Fsp3) is 0.737. The molecule has 0 aliphatic rings. The molecule has 23 heavy (non-hydrogen) atoms. The van der Waals surface area contributed by atoms with Gasteiger partial charge in [0.1, 0.15) is 6.10 Å². The fourth-order valence-corrected chi connectivity index (χ4v) is 2.31. The molecule has 134 valence electrons. The van der Waals surface area contributed by atoms with E-state index < -0.39 is 0 Å². The highest BCUT2D eigenvalue weighted by molar-refractivity contribution is 5.68. The molecule has 0 unspecified atom stereocenters. The smallest absolute Gasteiger partial charge is 0.305 e. The van der Waals surface area contributed by atoms with Crippen molar-refractivity contribution < 1.29 is 19.7 Å². The third-order valence-corrected chi connectivity index (χ3v) is 3.78. The third-order valence-electron chi connectivity index (χ3n) is 3.78. The summed E-state index contributed by atoms with van der Waals surface area (Å²) in [6, 6.07) is 0. The lowest BCUT2D eigenvalue weighted by Gasteiger charge is -2.07. The van der Waals surface area contributed by atoms with Gasteiger partial charge in [0.2, 0.25) is 0 Å². The molecule has 0 saturated heterocycles. The number of carbonyl (C=O) groups is 1. The van der Waals surface area contributed by atoms with E-state index in [2.05, 4.69) is 22.6 Å². The van der Waals surface area contributed by atoms with Gasteiger partial charge in [0.05, 0.1) is 7.11 Å². The van der Waals surface area contributed by atoms with Gasteiger partial charge in [-0.3, -0.25) is 10.1 Å². The molecule has 0 bridgehead atoms. The molecule has 0 heterocycles. The molecule has 0 aromatic rings. The minimum absolute atomic E-state index is 0.112. The van der Waals surface area contributed by atoms with Gasteiger partial charge in [-0.2, -0.15) is 0 Å². The minimum Gasteiger partial charge on any atom is -0.469 e. The first-order valence-electron chi connectivity index (χ1n) is 8.95. The van der Waals surface area contributed by atoms with E-state index in [9.17, 15) is 4.79 Å². The largest absolute Gasteiger partial charge is 0.469 e. The van der Waals surface area contributed by atoms with Crippen LogP contribution in [0, 0.1) is 0 Å². The van der Waals surface area contributed by atoms with Gasteiger partial charge in [0, 0.05) is 6.42 Å².